The van der Waals surface area contributed by atoms with Crippen molar-refractivity contribution in [3.8, 4) is 11.8 Å². The van der Waals surface area contributed by atoms with E-state index in [1.807, 2.05) is 25.1 Å². The fraction of sp³-hybridized carbons (Fsp3) is 0.111. The van der Waals surface area contributed by atoms with Gasteiger partial charge in [-0.25, -0.2) is 4.98 Å². The van der Waals surface area contributed by atoms with Crippen molar-refractivity contribution in [2.75, 3.05) is 7.11 Å². The zero-order valence-corrected chi connectivity index (χ0v) is 14.5. The number of rotatable bonds is 3. The number of fused-ring (bicyclic) bond motifs is 1. The van der Waals surface area contributed by atoms with Crippen LogP contribution in [0.15, 0.2) is 30.3 Å². The summed E-state index contributed by atoms with van der Waals surface area (Å²) in [5, 5.41) is 10.4. The van der Waals surface area contributed by atoms with Crippen LogP contribution in [0.2, 0.25) is 10.0 Å². The lowest BCUT2D eigenvalue weighted by molar-refractivity contribution is 0.414. The summed E-state index contributed by atoms with van der Waals surface area (Å²) >= 11 is 12.2. The minimum Gasteiger partial charge on any atom is -0.495 e. The van der Waals surface area contributed by atoms with Crippen molar-refractivity contribution in [1.29, 1.82) is 5.26 Å². The summed E-state index contributed by atoms with van der Waals surface area (Å²) < 4.78 is 5.31. The topological polar surface area (TPSA) is 61.7 Å². The first kappa shape index (κ1) is 16.4. The molecule has 6 heteroatoms. The van der Waals surface area contributed by atoms with Gasteiger partial charge in [-0.2, -0.15) is 5.26 Å². The van der Waals surface area contributed by atoms with Gasteiger partial charge in [-0.1, -0.05) is 29.3 Å². The number of aromatic nitrogens is 2. The minimum atomic E-state index is 0.362. The Morgan fingerprint density at radius 2 is 2.08 bits per heavy atom. The van der Waals surface area contributed by atoms with E-state index >= 15 is 0 Å². The van der Waals surface area contributed by atoms with E-state index in [9.17, 15) is 5.26 Å². The summed E-state index contributed by atoms with van der Waals surface area (Å²) in [5.74, 6) is 0.942. The van der Waals surface area contributed by atoms with E-state index in [4.69, 9.17) is 27.9 Å². The van der Waals surface area contributed by atoms with Gasteiger partial charge in [0, 0.05) is 10.6 Å². The summed E-state index contributed by atoms with van der Waals surface area (Å²) in [6.07, 6.45) is 1.65. The van der Waals surface area contributed by atoms with E-state index in [0.29, 0.717) is 32.8 Å². The third kappa shape index (κ3) is 3.09. The number of allylic oxidation sites excluding steroid dienone is 1. The molecule has 4 nitrogen and oxygen atoms in total. The molecule has 0 unspecified atom stereocenters. The van der Waals surface area contributed by atoms with Crippen LogP contribution in [-0.2, 0) is 0 Å². The Bertz CT molecular complexity index is 999. The number of methoxy groups -OCH3 is 1. The molecule has 0 saturated carbocycles. The number of hydrogen-bond donors (Lipinski definition) is 1. The Morgan fingerprint density at radius 3 is 2.79 bits per heavy atom. The maximum Gasteiger partial charge on any atom is 0.149 e. The Kier molecular flexibility index (Phi) is 4.48. The number of halogens is 2. The standard InChI is InChI=1S/C18H13Cl2N3O/c1-10-3-4-15-16(5-10)23-18(22-15)12(9-21)6-11-7-13(19)8-14(20)17(11)24-2/h3-8H,1-2H3,(H,22,23). The molecule has 0 radical (unpaired) electrons. The van der Waals surface area contributed by atoms with Gasteiger partial charge in [0.25, 0.3) is 0 Å². The summed E-state index contributed by atoms with van der Waals surface area (Å²) in [4.78, 5) is 7.63. The number of H-pyrrole nitrogens is 1. The SMILES string of the molecule is COc1c(Cl)cc(Cl)cc1C=C(C#N)c1nc2ccc(C)cc2[nH]1. The summed E-state index contributed by atoms with van der Waals surface area (Å²) in [6, 6.07) is 11.3. The molecule has 1 N–H and O–H groups in total. The first-order valence-corrected chi connectivity index (χ1v) is 7.89. The van der Waals surface area contributed by atoms with Gasteiger partial charge in [0.1, 0.15) is 17.6 Å². The summed E-state index contributed by atoms with van der Waals surface area (Å²) in [7, 11) is 1.52. The maximum absolute atomic E-state index is 9.54. The quantitative estimate of drug-likeness (QED) is 0.651. The molecule has 0 aliphatic carbocycles. The van der Waals surface area contributed by atoms with E-state index in [1.165, 1.54) is 7.11 Å². The number of hydrogen-bond acceptors (Lipinski definition) is 3. The molecular weight excluding hydrogens is 345 g/mol. The van der Waals surface area contributed by atoms with Gasteiger partial charge < -0.3 is 9.72 Å². The number of aryl methyl sites for hydroxylation is 1. The number of nitrogens with zero attached hydrogens (tertiary/aromatic N) is 2. The van der Waals surface area contributed by atoms with Crippen LogP contribution in [0.1, 0.15) is 17.0 Å². The summed E-state index contributed by atoms with van der Waals surface area (Å²) in [5.41, 5.74) is 3.77. The predicted octanol–water partition coefficient (Wildman–Crippen LogP) is 5.25. The zero-order valence-electron chi connectivity index (χ0n) is 13.0. The van der Waals surface area contributed by atoms with Gasteiger partial charge >= 0.3 is 0 Å². The number of nitrogens with one attached hydrogen (secondary N) is 1. The van der Waals surface area contributed by atoms with Gasteiger partial charge in [-0.3, -0.25) is 0 Å². The van der Waals surface area contributed by atoms with Crippen LogP contribution >= 0.6 is 23.2 Å². The lowest BCUT2D eigenvalue weighted by Crippen LogP contribution is -1.91. The smallest absolute Gasteiger partial charge is 0.149 e. The Hall–Kier alpha value is -2.48. The molecule has 0 fully saturated rings. The normalized spacial score (nSPS) is 11.5. The monoisotopic (exact) mass is 357 g/mol. The number of nitriles is 1. The molecule has 2 aromatic carbocycles. The van der Waals surface area contributed by atoms with Crippen LogP contribution in [0.25, 0.3) is 22.7 Å². The zero-order chi connectivity index (χ0) is 17.3. The molecule has 0 bridgehead atoms. The second kappa shape index (κ2) is 6.56. The highest BCUT2D eigenvalue weighted by atomic mass is 35.5. The second-order valence-corrected chi connectivity index (χ2v) is 6.13. The maximum atomic E-state index is 9.54. The van der Waals surface area contributed by atoms with E-state index in [0.717, 1.165) is 16.6 Å². The van der Waals surface area contributed by atoms with Crippen LogP contribution < -0.4 is 4.74 Å². The van der Waals surface area contributed by atoms with Crippen molar-refractivity contribution in [3.05, 3.63) is 57.3 Å². The highest BCUT2D eigenvalue weighted by Crippen LogP contribution is 2.34. The average molecular weight is 358 g/mol. The first-order chi connectivity index (χ1) is 11.5. The number of benzene rings is 2. The molecule has 3 rings (SSSR count). The molecule has 0 atom stereocenters. The molecule has 0 amide bonds. The van der Waals surface area contributed by atoms with Gasteiger partial charge in [0.15, 0.2) is 0 Å². The number of aromatic amines is 1. The van der Waals surface area contributed by atoms with Crippen LogP contribution in [0.4, 0.5) is 0 Å². The van der Waals surface area contributed by atoms with E-state index in [1.54, 1.807) is 18.2 Å². The van der Waals surface area contributed by atoms with E-state index < -0.39 is 0 Å². The molecule has 0 saturated heterocycles. The van der Waals surface area contributed by atoms with E-state index in [-0.39, 0.29) is 0 Å². The molecule has 120 valence electrons. The summed E-state index contributed by atoms with van der Waals surface area (Å²) in [6.45, 7) is 2.00. The molecule has 1 aromatic heterocycles. The molecule has 3 aromatic rings. The van der Waals surface area contributed by atoms with Crippen molar-refractivity contribution >= 4 is 45.9 Å². The van der Waals surface area contributed by atoms with Gasteiger partial charge in [-0.05, 0) is 42.8 Å². The highest BCUT2D eigenvalue weighted by Gasteiger charge is 2.12. The third-order valence-corrected chi connectivity index (χ3v) is 4.05. The van der Waals surface area contributed by atoms with Gasteiger partial charge in [0.2, 0.25) is 0 Å². The van der Waals surface area contributed by atoms with Crippen LogP contribution in [0, 0.1) is 18.3 Å². The Balaban J connectivity index is 2.14. The van der Waals surface area contributed by atoms with Crippen molar-refractivity contribution < 1.29 is 4.74 Å². The minimum absolute atomic E-state index is 0.362. The van der Waals surface area contributed by atoms with Crippen molar-refractivity contribution in [3.63, 3.8) is 0 Å². The van der Waals surface area contributed by atoms with Crippen molar-refractivity contribution in [1.82, 2.24) is 9.97 Å². The highest BCUT2D eigenvalue weighted by molar-refractivity contribution is 6.36. The molecule has 1 heterocycles. The fourth-order valence-electron chi connectivity index (χ4n) is 2.46. The van der Waals surface area contributed by atoms with Crippen LogP contribution in [0.3, 0.4) is 0 Å². The molecule has 0 spiro atoms. The van der Waals surface area contributed by atoms with E-state index in [2.05, 4.69) is 16.0 Å². The second-order valence-electron chi connectivity index (χ2n) is 5.29. The van der Waals surface area contributed by atoms with Gasteiger partial charge in [-0.15, -0.1) is 0 Å². The number of imidazole rings is 1. The molecular formula is C18H13Cl2N3O. The lowest BCUT2D eigenvalue weighted by Gasteiger charge is -2.08. The predicted molar refractivity (Wildman–Crippen MR) is 97.3 cm³/mol. The largest absolute Gasteiger partial charge is 0.495 e. The van der Waals surface area contributed by atoms with Crippen molar-refractivity contribution in [2.24, 2.45) is 0 Å². The van der Waals surface area contributed by atoms with Gasteiger partial charge in [0.05, 0.1) is 28.7 Å². The average Bonchev–Trinajstić information content (AvgIpc) is 2.94. The van der Waals surface area contributed by atoms with Crippen LogP contribution in [0.5, 0.6) is 5.75 Å². The Labute approximate surface area is 149 Å². The van der Waals surface area contributed by atoms with Crippen LogP contribution in [-0.4, -0.2) is 17.1 Å². The lowest BCUT2D eigenvalue weighted by atomic mass is 10.1. The molecule has 24 heavy (non-hydrogen) atoms. The number of ether oxygens (including phenoxy) is 1. The molecule has 0 aliphatic heterocycles. The fourth-order valence-corrected chi connectivity index (χ4v) is 3.05. The van der Waals surface area contributed by atoms with Crippen molar-refractivity contribution in [2.45, 2.75) is 6.92 Å². The third-order valence-electron chi connectivity index (χ3n) is 3.55. The first-order valence-electron chi connectivity index (χ1n) is 7.13. The molecule has 0 aliphatic rings. The Morgan fingerprint density at radius 1 is 1.29 bits per heavy atom.